The molecular formula is C10H8ClN5OS. The highest BCUT2D eigenvalue weighted by atomic mass is 35.5. The van der Waals surface area contributed by atoms with Gasteiger partial charge in [0.05, 0.1) is 5.02 Å². The molecule has 92 valence electrons. The lowest BCUT2D eigenvalue weighted by atomic mass is 10.4. The van der Waals surface area contributed by atoms with Crippen LogP contribution >= 0.6 is 23.4 Å². The van der Waals surface area contributed by atoms with Crippen molar-refractivity contribution >= 4 is 29.2 Å². The summed E-state index contributed by atoms with van der Waals surface area (Å²) in [6.07, 6.45) is 3.14. The van der Waals surface area contributed by atoms with E-state index in [0.29, 0.717) is 20.9 Å². The van der Waals surface area contributed by atoms with Gasteiger partial charge in [0.25, 0.3) is 0 Å². The number of rotatable bonds is 3. The second-order valence-corrected chi connectivity index (χ2v) is 4.47. The molecule has 2 aromatic heterocycles. The summed E-state index contributed by atoms with van der Waals surface area (Å²) in [6, 6.07) is 5.00. The highest BCUT2D eigenvalue weighted by molar-refractivity contribution is 7.99. The van der Waals surface area contributed by atoms with Crippen molar-refractivity contribution in [2.24, 2.45) is 10.9 Å². The van der Waals surface area contributed by atoms with Crippen molar-refractivity contribution < 1.29 is 5.21 Å². The molecule has 0 aliphatic carbocycles. The first kappa shape index (κ1) is 12.6. The monoisotopic (exact) mass is 281 g/mol. The Morgan fingerprint density at radius 2 is 2.17 bits per heavy atom. The minimum atomic E-state index is -0.0774. The van der Waals surface area contributed by atoms with Crippen LogP contribution in [0.25, 0.3) is 0 Å². The topological polar surface area (TPSA) is 97.3 Å². The van der Waals surface area contributed by atoms with Gasteiger partial charge in [0.15, 0.2) is 11.0 Å². The number of nitrogens with two attached hydrogens (primary N) is 1. The normalized spacial score (nSPS) is 11.5. The van der Waals surface area contributed by atoms with Gasteiger partial charge in [0.1, 0.15) is 10.7 Å². The number of oxime groups is 1. The Kier molecular flexibility index (Phi) is 3.96. The third-order valence-corrected chi connectivity index (χ3v) is 3.23. The molecule has 0 aromatic carbocycles. The van der Waals surface area contributed by atoms with Crippen molar-refractivity contribution in [1.82, 2.24) is 15.0 Å². The van der Waals surface area contributed by atoms with E-state index in [-0.39, 0.29) is 5.84 Å². The highest BCUT2D eigenvalue weighted by Crippen LogP contribution is 2.28. The van der Waals surface area contributed by atoms with Crippen molar-refractivity contribution in [2.45, 2.75) is 10.2 Å². The first-order chi connectivity index (χ1) is 8.70. The van der Waals surface area contributed by atoms with Crippen molar-refractivity contribution in [2.75, 3.05) is 0 Å². The maximum Gasteiger partial charge on any atom is 0.194 e. The third kappa shape index (κ3) is 2.88. The van der Waals surface area contributed by atoms with Crippen LogP contribution in [0, 0.1) is 0 Å². The molecule has 0 unspecified atom stereocenters. The van der Waals surface area contributed by atoms with Gasteiger partial charge in [-0.25, -0.2) is 15.0 Å². The van der Waals surface area contributed by atoms with Crippen LogP contribution in [0.1, 0.15) is 5.69 Å². The van der Waals surface area contributed by atoms with Gasteiger partial charge in [0, 0.05) is 12.4 Å². The lowest BCUT2D eigenvalue weighted by molar-refractivity contribution is 0.318. The van der Waals surface area contributed by atoms with E-state index >= 15 is 0 Å². The minimum Gasteiger partial charge on any atom is -0.409 e. The first-order valence-corrected chi connectivity index (χ1v) is 5.99. The molecule has 2 heterocycles. The molecule has 0 saturated heterocycles. The molecule has 6 nitrogen and oxygen atoms in total. The number of amidine groups is 1. The molecule has 0 radical (unpaired) electrons. The zero-order valence-electron chi connectivity index (χ0n) is 8.99. The maximum atomic E-state index is 8.58. The Labute approximate surface area is 112 Å². The predicted octanol–water partition coefficient (Wildman–Crippen LogP) is 1.77. The Morgan fingerprint density at radius 3 is 2.89 bits per heavy atom. The summed E-state index contributed by atoms with van der Waals surface area (Å²) in [7, 11) is 0. The van der Waals surface area contributed by atoms with Crippen LogP contribution in [0.2, 0.25) is 5.02 Å². The van der Waals surface area contributed by atoms with Crippen LogP contribution in [0.3, 0.4) is 0 Å². The van der Waals surface area contributed by atoms with Crippen LogP contribution in [0.15, 0.2) is 45.9 Å². The molecule has 0 spiro atoms. The maximum absolute atomic E-state index is 8.58. The summed E-state index contributed by atoms with van der Waals surface area (Å²) in [5.74, 6) is -0.0774. The van der Waals surface area contributed by atoms with Gasteiger partial charge >= 0.3 is 0 Å². The van der Waals surface area contributed by atoms with Crippen molar-refractivity contribution in [3.8, 4) is 0 Å². The molecule has 0 bridgehead atoms. The van der Waals surface area contributed by atoms with Crippen LogP contribution < -0.4 is 5.73 Å². The number of hydrogen-bond donors (Lipinski definition) is 2. The van der Waals surface area contributed by atoms with Crippen LogP contribution in [-0.4, -0.2) is 26.0 Å². The fourth-order valence-corrected chi connectivity index (χ4v) is 2.06. The van der Waals surface area contributed by atoms with Gasteiger partial charge in [-0.05, 0) is 30.0 Å². The summed E-state index contributed by atoms with van der Waals surface area (Å²) in [6.45, 7) is 0. The lowest BCUT2D eigenvalue weighted by Crippen LogP contribution is -2.15. The number of pyridine rings is 1. The van der Waals surface area contributed by atoms with E-state index in [4.69, 9.17) is 22.5 Å². The Bertz CT molecular complexity index is 592. The van der Waals surface area contributed by atoms with E-state index in [2.05, 4.69) is 20.1 Å². The zero-order valence-corrected chi connectivity index (χ0v) is 10.6. The number of nitrogens with zero attached hydrogens (tertiary/aromatic N) is 4. The Balaban J connectivity index is 2.28. The second-order valence-electron chi connectivity index (χ2n) is 3.10. The van der Waals surface area contributed by atoms with E-state index < -0.39 is 0 Å². The average molecular weight is 282 g/mol. The fraction of sp³-hybridized carbons (Fsp3) is 0. The molecular weight excluding hydrogens is 274 g/mol. The molecule has 3 N–H and O–H groups in total. The standard InChI is InChI=1S/C10H8ClN5OS/c11-6-2-1-4-13-9(6)18-10-14-5-3-7(15-10)8(12)16-17/h1-5,17H,(H2,12,16). The molecule has 0 aliphatic rings. The molecule has 0 aliphatic heterocycles. The SMILES string of the molecule is N/C(=N/O)c1ccnc(Sc2ncccc2Cl)n1. The Hall–Kier alpha value is -1.86. The zero-order chi connectivity index (χ0) is 13.0. The molecule has 0 atom stereocenters. The molecule has 18 heavy (non-hydrogen) atoms. The van der Waals surface area contributed by atoms with E-state index in [1.54, 1.807) is 24.4 Å². The average Bonchev–Trinajstić information content (AvgIpc) is 2.41. The van der Waals surface area contributed by atoms with Crippen LogP contribution in [0.4, 0.5) is 0 Å². The number of hydrogen-bond acceptors (Lipinski definition) is 6. The lowest BCUT2D eigenvalue weighted by Gasteiger charge is -2.02. The summed E-state index contributed by atoms with van der Waals surface area (Å²) >= 11 is 7.18. The highest BCUT2D eigenvalue weighted by Gasteiger charge is 2.08. The van der Waals surface area contributed by atoms with Gasteiger partial charge in [-0.15, -0.1) is 0 Å². The second kappa shape index (κ2) is 5.65. The van der Waals surface area contributed by atoms with Crippen LogP contribution in [-0.2, 0) is 0 Å². The van der Waals surface area contributed by atoms with Gasteiger partial charge < -0.3 is 10.9 Å². The van der Waals surface area contributed by atoms with Crippen molar-refractivity contribution in [1.29, 1.82) is 0 Å². The van der Waals surface area contributed by atoms with Crippen molar-refractivity contribution in [3.63, 3.8) is 0 Å². The van der Waals surface area contributed by atoms with E-state index in [0.717, 1.165) is 0 Å². The molecule has 0 saturated carbocycles. The van der Waals surface area contributed by atoms with E-state index in [9.17, 15) is 0 Å². The van der Waals surface area contributed by atoms with E-state index in [1.165, 1.54) is 18.0 Å². The van der Waals surface area contributed by atoms with Gasteiger partial charge in [0.2, 0.25) is 0 Å². The summed E-state index contributed by atoms with van der Waals surface area (Å²) in [4.78, 5) is 12.3. The van der Waals surface area contributed by atoms with Gasteiger partial charge in [-0.1, -0.05) is 16.8 Å². The number of halogens is 1. The molecule has 2 aromatic rings. The van der Waals surface area contributed by atoms with Gasteiger partial charge in [-0.3, -0.25) is 0 Å². The summed E-state index contributed by atoms with van der Waals surface area (Å²) < 4.78 is 0. The quantitative estimate of drug-likeness (QED) is 0.293. The van der Waals surface area contributed by atoms with E-state index in [1.807, 2.05) is 0 Å². The minimum absolute atomic E-state index is 0.0774. The Morgan fingerprint density at radius 1 is 1.33 bits per heavy atom. The smallest absolute Gasteiger partial charge is 0.194 e. The first-order valence-electron chi connectivity index (χ1n) is 4.80. The largest absolute Gasteiger partial charge is 0.409 e. The molecule has 8 heteroatoms. The van der Waals surface area contributed by atoms with Crippen molar-refractivity contribution in [3.05, 3.63) is 41.3 Å². The predicted molar refractivity (Wildman–Crippen MR) is 67.9 cm³/mol. The molecule has 0 fully saturated rings. The summed E-state index contributed by atoms with van der Waals surface area (Å²) in [5, 5.41) is 13.0. The summed E-state index contributed by atoms with van der Waals surface area (Å²) in [5.41, 5.74) is 5.78. The fourth-order valence-electron chi connectivity index (χ4n) is 1.12. The molecule has 0 amide bonds. The number of aromatic nitrogens is 3. The van der Waals surface area contributed by atoms with Crippen LogP contribution in [0.5, 0.6) is 0 Å². The third-order valence-electron chi connectivity index (χ3n) is 1.92. The van der Waals surface area contributed by atoms with Gasteiger partial charge in [-0.2, -0.15) is 0 Å². The molecule has 2 rings (SSSR count).